The van der Waals surface area contributed by atoms with Crippen molar-refractivity contribution in [2.75, 3.05) is 0 Å². The molecule has 0 aliphatic rings. The van der Waals surface area contributed by atoms with Gasteiger partial charge in [-0.1, -0.05) is 313 Å². The fraction of sp³-hybridized carbons (Fsp3) is 1.00. The number of hydrogen-bond acceptors (Lipinski definition) is 2. The van der Waals surface area contributed by atoms with Crippen molar-refractivity contribution in [3.05, 3.63) is 0 Å². The predicted molar refractivity (Wildman–Crippen MR) is 205 cm³/mol. The molecule has 0 unspecified atom stereocenters. The largest absolute Gasteiger partial charge is 0.302 e. The molecular weight excluding hydrogens is 1190 g/mol. The average molecular weight is 1190 g/mol. The Labute approximate surface area is 385 Å². The molecule has 3 nitrogen and oxygen atoms in total. The van der Waals surface area contributed by atoms with E-state index in [9.17, 15) is 13.0 Å². The van der Waals surface area contributed by atoms with Crippen molar-refractivity contribution in [2.45, 2.75) is 55.1 Å². The molecule has 0 fully saturated rings. The monoisotopic (exact) mass is 1180 g/mol. The molecule has 0 aromatic heterocycles. The molecule has 0 bridgehead atoms. The van der Waals surface area contributed by atoms with Crippen molar-refractivity contribution in [1.29, 1.82) is 0 Å². The first-order valence-electron chi connectivity index (χ1n) is 8.82. The number of rotatable bonds is 12. The van der Waals surface area contributed by atoms with Crippen LogP contribution in [-0.4, -0.2) is 68.1 Å². The lowest BCUT2D eigenvalue weighted by molar-refractivity contribution is 0.407. The number of alkyl halides is 27. The molecule has 0 aliphatic carbocycles. The lowest BCUT2D eigenvalue weighted by Crippen LogP contribution is -2.74. The third-order valence-electron chi connectivity index (χ3n) is 4.99. The zero-order chi connectivity index (χ0) is 37.0. The van der Waals surface area contributed by atoms with E-state index in [-0.39, 0.29) is 0 Å². The standard InChI is InChI=1S/C13HCl27O3S/c14-1(15,2(16,17)4(20,21)6(24,25)8(28,29)10(32,33)12(36,37)38)3(18,19)5(22,23)7(26,27)9(30,31)11(34,35)13(39,40)44(41,42)43/h(H,41,42,43). The molecule has 0 saturated heterocycles. The average Bonchev–Trinajstić information content (AvgIpc) is 2.75. The van der Waals surface area contributed by atoms with Crippen LogP contribution in [0.3, 0.4) is 0 Å². The quantitative estimate of drug-likeness (QED) is 0.156. The van der Waals surface area contributed by atoms with Crippen LogP contribution < -0.4 is 0 Å². The first-order valence-corrected chi connectivity index (χ1v) is 20.5. The van der Waals surface area contributed by atoms with E-state index in [4.69, 9.17) is 313 Å². The summed E-state index contributed by atoms with van der Waals surface area (Å²) in [5.74, 6) is 0. The molecule has 0 saturated carbocycles. The van der Waals surface area contributed by atoms with Crippen molar-refractivity contribution < 1.29 is 13.0 Å². The summed E-state index contributed by atoms with van der Waals surface area (Å²) < 4.78 is -12.0. The Bertz CT molecular complexity index is 1190. The molecule has 0 amide bonds. The summed E-state index contributed by atoms with van der Waals surface area (Å²) in [5.41, 5.74) is 0. The van der Waals surface area contributed by atoms with Gasteiger partial charge in [-0.15, -0.1) is 0 Å². The van der Waals surface area contributed by atoms with Crippen LogP contribution in [0.2, 0.25) is 0 Å². The lowest BCUT2D eigenvalue weighted by atomic mass is 9.98. The second-order valence-corrected chi connectivity index (χ2v) is 28.0. The van der Waals surface area contributed by atoms with Gasteiger partial charge in [0.2, 0.25) is 12.5 Å². The van der Waals surface area contributed by atoms with Crippen LogP contribution in [0.5, 0.6) is 0 Å². The van der Waals surface area contributed by atoms with Gasteiger partial charge in [0.25, 0.3) is 3.67 Å². The molecule has 0 aliphatic heterocycles. The molecule has 0 rings (SSSR count). The zero-order valence-electron chi connectivity index (χ0n) is 18.4. The van der Waals surface area contributed by atoms with Gasteiger partial charge < -0.3 is 0 Å². The molecule has 0 heterocycles. The highest BCUT2D eigenvalue weighted by molar-refractivity contribution is 7.90. The van der Waals surface area contributed by atoms with Crippen LogP contribution in [0.4, 0.5) is 0 Å². The second kappa shape index (κ2) is 14.9. The van der Waals surface area contributed by atoms with Crippen LogP contribution in [0.1, 0.15) is 0 Å². The number of halogens is 27. The normalized spacial score (nSPS) is 17.3. The summed E-state index contributed by atoms with van der Waals surface area (Å²) in [5, 5.41) is 0. The first kappa shape index (κ1) is 51.7. The smallest absolute Gasteiger partial charge is 0.283 e. The Kier molecular flexibility index (Phi) is 17.5. The Morgan fingerprint density at radius 1 is 0.273 bits per heavy atom. The van der Waals surface area contributed by atoms with Gasteiger partial charge in [0, 0.05) is 0 Å². The van der Waals surface area contributed by atoms with Gasteiger partial charge in [-0.25, -0.2) is 0 Å². The van der Waals surface area contributed by atoms with E-state index in [0.717, 1.165) is 0 Å². The highest BCUT2D eigenvalue weighted by Crippen LogP contribution is 2.76. The molecule has 0 spiro atoms. The van der Waals surface area contributed by atoms with Crippen LogP contribution >= 0.6 is 313 Å². The van der Waals surface area contributed by atoms with E-state index < -0.39 is 65.2 Å². The van der Waals surface area contributed by atoms with Crippen molar-refractivity contribution in [3.8, 4) is 0 Å². The minimum atomic E-state index is -5.71. The molecular formula is C13HCl27O3S. The fourth-order valence-corrected chi connectivity index (χ4v) is 12.1. The fourth-order valence-electron chi connectivity index (χ4n) is 2.30. The second-order valence-electron chi connectivity index (χ2n) is 7.81. The van der Waals surface area contributed by atoms with Crippen LogP contribution in [0.15, 0.2) is 0 Å². The molecule has 0 aromatic rings. The summed E-state index contributed by atoms with van der Waals surface area (Å²) >= 11 is 166. The summed E-state index contributed by atoms with van der Waals surface area (Å²) in [4.78, 5) is 0. The van der Waals surface area contributed by atoms with E-state index in [1.165, 1.54) is 0 Å². The maximum Gasteiger partial charge on any atom is 0.302 e. The zero-order valence-corrected chi connectivity index (χ0v) is 39.6. The van der Waals surface area contributed by atoms with Gasteiger partial charge in [0.1, 0.15) is 0 Å². The first-order chi connectivity index (χ1) is 18.2. The van der Waals surface area contributed by atoms with Gasteiger partial charge in [-0.05, 0) is 0 Å². The van der Waals surface area contributed by atoms with Crippen LogP contribution in [0, 0.1) is 0 Å². The summed E-state index contributed by atoms with van der Waals surface area (Å²) in [6.45, 7) is 0. The van der Waals surface area contributed by atoms with E-state index in [1.807, 2.05) is 0 Å². The van der Waals surface area contributed by atoms with Crippen molar-refractivity contribution in [2.24, 2.45) is 0 Å². The Hall–Kier alpha value is 7.74. The van der Waals surface area contributed by atoms with Crippen molar-refractivity contribution in [3.63, 3.8) is 0 Å². The van der Waals surface area contributed by atoms with Crippen LogP contribution in [0.25, 0.3) is 0 Å². The SMILES string of the molecule is O=S(=O)(O)C(Cl)(Cl)C(Cl)(Cl)C(Cl)(Cl)C(Cl)(Cl)C(Cl)(Cl)C(Cl)(Cl)C(Cl)(Cl)C(Cl)(Cl)C(Cl)(Cl)C(Cl)(Cl)C(Cl)(Cl)C(Cl)(Cl)C(Cl)(Cl)Cl. The van der Waals surface area contributed by atoms with Crippen molar-refractivity contribution in [1.82, 2.24) is 0 Å². The van der Waals surface area contributed by atoms with E-state index >= 15 is 0 Å². The Morgan fingerprint density at radius 2 is 0.409 bits per heavy atom. The number of hydrogen-bond donors (Lipinski definition) is 1. The minimum absolute atomic E-state index is 2.83. The van der Waals surface area contributed by atoms with Gasteiger partial charge in [-0.2, -0.15) is 8.42 Å². The van der Waals surface area contributed by atoms with Gasteiger partial charge in [-0.3, -0.25) is 4.55 Å². The minimum Gasteiger partial charge on any atom is -0.283 e. The molecule has 0 radical (unpaired) electrons. The highest BCUT2D eigenvalue weighted by atomic mass is 35.6. The predicted octanol–water partition coefficient (Wildman–Crippen LogP) is 15.3. The molecule has 31 heteroatoms. The molecule has 0 atom stereocenters. The van der Waals surface area contributed by atoms with E-state index in [0.29, 0.717) is 0 Å². The van der Waals surface area contributed by atoms with Crippen molar-refractivity contribution >= 4 is 323 Å². The Balaban J connectivity index is 7.56. The molecule has 1 N–H and O–H groups in total. The molecule has 44 heavy (non-hydrogen) atoms. The van der Waals surface area contributed by atoms with Gasteiger partial charge >= 0.3 is 10.1 Å². The highest BCUT2D eigenvalue weighted by Gasteiger charge is 2.86. The molecule has 0 aromatic carbocycles. The van der Waals surface area contributed by atoms with Crippen LogP contribution in [-0.2, 0) is 10.1 Å². The third-order valence-corrected chi connectivity index (χ3v) is 26.1. The lowest BCUT2D eigenvalue weighted by Gasteiger charge is -2.57. The van der Waals surface area contributed by atoms with E-state index in [1.54, 1.807) is 0 Å². The van der Waals surface area contributed by atoms with Gasteiger partial charge in [0.05, 0.1) is 0 Å². The maximum atomic E-state index is 11.8. The summed E-state index contributed by atoms with van der Waals surface area (Å²) in [6.07, 6.45) is 0. The third kappa shape index (κ3) is 7.59. The maximum absolute atomic E-state index is 11.8. The Morgan fingerprint density at radius 3 is 0.545 bits per heavy atom. The topological polar surface area (TPSA) is 54.4 Å². The molecule has 266 valence electrons. The summed E-state index contributed by atoms with van der Waals surface area (Å²) in [6, 6.07) is 0. The van der Waals surface area contributed by atoms with Gasteiger partial charge in [0.15, 0.2) is 39.0 Å². The van der Waals surface area contributed by atoms with E-state index in [2.05, 4.69) is 0 Å². The summed E-state index contributed by atoms with van der Waals surface area (Å²) in [7, 11) is -5.71.